The SMILES string of the molecule is Cc1ccc(S(=O)(=O)N2c3ccccc3[C@@H]3CC(=O)C=C[C@@]32c2ccc(Br)cc2)cc1. The highest BCUT2D eigenvalue weighted by Gasteiger charge is 2.57. The lowest BCUT2D eigenvalue weighted by molar-refractivity contribution is -0.115. The van der Waals surface area contributed by atoms with Gasteiger partial charge in [-0.1, -0.05) is 64.0 Å². The van der Waals surface area contributed by atoms with Crippen LogP contribution in [-0.4, -0.2) is 14.2 Å². The predicted octanol–water partition coefficient (Wildman–Crippen LogP) is 5.47. The summed E-state index contributed by atoms with van der Waals surface area (Å²) >= 11 is 3.47. The van der Waals surface area contributed by atoms with Gasteiger partial charge in [0.25, 0.3) is 10.0 Å². The third-order valence-corrected chi connectivity index (χ3v) is 8.57. The fourth-order valence-corrected chi connectivity index (χ4v) is 6.83. The lowest BCUT2D eigenvalue weighted by Crippen LogP contribution is -2.49. The number of halogens is 1. The van der Waals surface area contributed by atoms with Gasteiger partial charge in [-0.3, -0.25) is 9.10 Å². The Bertz CT molecular complexity index is 1310. The van der Waals surface area contributed by atoms with Crippen molar-refractivity contribution in [3.8, 4) is 0 Å². The number of hydrogen-bond donors (Lipinski definition) is 0. The Morgan fingerprint density at radius 1 is 0.968 bits per heavy atom. The second kappa shape index (κ2) is 7.18. The molecule has 6 heteroatoms. The van der Waals surface area contributed by atoms with E-state index < -0.39 is 15.6 Å². The van der Waals surface area contributed by atoms with Crippen LogP contribution < -0.4 is 4.31 Å². The Kier molecular flexibility index (Phi) is 4.68. The molecule has 0 fully saturated rings. The maximum absolute atomic E-state index is 14.1. The summed E-state index contributed by atoms with van der Waals surface area (Å²) in [4.78, 5) is 12.7. The second-order valence-electron chi connectivity index (χ2n) is 8.03. The lowest BCUT2D eigenvalue weighted by Gasteiger charge is -2.42. The molecule has 0 radical (unpaired) electrons. The summed E-state index contributed by atoms with van der Waals surface area (Å²) in [5, 5.41) is 0. The zero-order valence-electron chi connectivity index (χ0n) is 16.8. The minimum Gasteiger partial charge on any atom is -0.295 e. The number of allylic oxidation sites excluding steroid dienone is 1. The molecule has 1 aliphatic heterocycles. The second-order valence-corrected chi connectivity index (χ2v) is 10.7. The van der Waals surface area contributed by atoms with Crippen LogP contribution in [0.4, 0.5) is 5.69 Å². The number of carbonyl (C=O) groups excluding carboxylic acids is 1. The Morgan fingerprint density at radius 3 is 2.35 bits per heavy atom. The van der Waals surface area contributed by atoms with E-state index in [1.807, 2.05) is 55.5 Å². The van der Waals surface area contributed by atoms with Crippen LogP contribution in [0.15, 0.2) is 94.3 Å². The molecule has 0 unspecified atom stereocenters. The number of benzene rings is 3. The quantitative estimate of drug-likeness (QED) is 0.485. The molecule has 0 amide bonds. The molecule has 1 aliphatic carbocycles. The van der Waals surface area contributed by atoms with E-state index in [-0.39, 0.29) is 23.0 Å². The molecule has 0 saturated heterocycles. The first-order valence-electron chi connectivity index (χ1n) is 10.0. The minimum absolute atomic E-state index is 0.00197. The van der Waals surface area contributed by atoms with Gasteiger partial charge >= 0.3 is 0 Å². The van der Waals surface area contributed by atoms with Crippen LogP contribution in [0, 0.1) is 6.92 Å². The molecular weight excluding hydrogens is 474 g/mol. The maximum atomic E-state index is 14.1. The van der Waals surface area contributed by atoms with Gasteiger partial charge in [-0.15, -0.1) is 0 Å². The molecule has 0 N–H and O–H groups in total. The Hall–Kier alpha value is -2.70. The predicted molar refractivity (Wildman–Crippen MR) is 125 cm³/mol. The molecule has 0 bridgehead atoms. The van der Waals surface area contributed by atoms with Crippen molar-refractivity contribution >= 4 is 37.4 Å². The molecule has 3 aromatic carbocycles. The summed E-state index contributed by atoms with van der Waals surface area (Å²) in [7, 11) is -3.91. The third-order valence-electron chi connectivity index (χ3n) is 6.19. The number of hydrogen-bond acceptors (Lipinski definition) is 3. The number of fused-ring (bicyclic) bond motifs is 3. The van der Waals surface area contributed by atoms with Gasteiger partial charge in [-0.25, -0.2) is 8.42 Å². The number of aryl methyl sites for hydroxylation is 1. The van der Waals surface area contributed by atoms with E-state index in [0.29, 0.717) is 5.69 Å². The molecular formula is C25H20BrNO3S. The number of anilines is 1. The van der Waals surface area contributed by atoms with Crippen molar-refractivity contribution in [2.24, 2.45) is 0 Å². The summed E-state index contributed by atoms with van der Waals surface area (Å²) in [6, 6.07) is 22.1. The van der Waals surface area contributed by atoms with Crippen LogP contribution in [0.1, 0.15) is 29.0 Å². The molecule has 3 aromatic rings. The molecule has 156 valence electrons. The Labute approximate surface area is 190 Å². The fraction of sp³-hybridized carbons (Fsp3) is 0.160. The van der Waals surface area contributed by atoms with Crippen LogP contribution in [-0.2, 0) is 20.4 Å². The first kappa shape index (κ1) is 20.2. The number of carbonyl (C=O) groups is 1. The molecule has 4 nitrogen and oxygen atoms in total. The van der Waals surface area contributed by atoms with Crippen LogP contribution in [0.25, 0.3) is 0 Å². The number of ketones is 1. The Morgan fingerprint density at radius 2 is 1.65 bits per heavy atom. The highest BCUT2D eigenvalue weighted by atomic mass is 79.9. The normalized spacial score (nSPS) is 22.3. The number of nitrogens with zero attached hydrogens (tertiary/aromatic N) is 1. The molecule has 0 aromatic heterocycles. The van der Waals surface area contributed by atoms with E-state index in [9.17, 15) is 13.2 Å². The summed E-state index contributed by atoms with van der Waals surface area (Å²) < 4.78 is 30.6. The maximum Gasteiger partial charge on any atom is 0.265 e. The molecule has 2 aliphatic rings. The number of para-hydroxylation sites is 1. The van der Waals surface area contributed by atoms with E-state index in [1.165, 1.54) is 10.4 Å². The van der Waals surface area contributed by atoms with E-state index >= 15 is 0 Å². The fourth-order valence-electron chi connectivity index (χ4n) is 4.76. The summed E-state index contributed by atoms with van der Waals surface area (Å²) in [6.45, 7) is 1.93. The third kappa shape index (κ3) is 3.00. The lowest BCUT2D eigenvalue weighted by atomic mass is 9.72. The van der Waals surface area contributed by atoms with Crippen LogP contribution >= 0.6 is 15.9 Å². The van der Waals surface area contributed by atoms with Crippen molar-refractivity contribution in [1.82, 2.24) is 0 Å². The first-order valence-corrected chi connectivity index (χ1v) is 12.3. The van der Waals surface area contributed by atoms with Gasteiger partial charge in [0.05, 0.1) is 10.6 Å². The smallest absolute Gasteiger partial charge is 0.265 e. The Balaban J connectivity index is 1.83. The van der Waals surface area contributed by atoms with E-state index in [1.54, 1.807) is 30.3 Å². The minimum atomic E-state index is -3.91. The molecule has 2 atom stereocenters. The van der Waals surface area contributed by atoms with Gasteiger partial charge in [0.15, 0.2) is 5.78 Å². The summed E-state index contributed by atoms with van der Waals surface area (Å²) in [5.74, 6) is -0.301. The van der Waals surface area contributed by atoms with Gasteiger partial charge < -0.3 is 0 Å². The molecule has 1 heterocycles. The van der Waals surface area contributed by atoms with Gasteiger partial charge in [0, 0.05) is 16.8 Å². The van der Waals surface area contributed by atoms with Gasteiger partial charge in [0.2, 0.25) is 0 Å². The van der Waals surface area contributed by atoms with Gasteiger partial charge in [-0.2, -0.15) is 0 Å². The summed E-state index contributed by atoms with van der Waals surface area (Å²) in [6.07, 6.45) is 3.56. The highest BCUT2D eigenvalue weighted by molar-refractivity contribution is 9.10. The van der Waals surface area contributed by atoms with Gasteiger partial charge in [-0.05, 0) is 60.5 Å². The van der Waals surface area contributed by atoms with E-state index in [4.69, 9.17) is 0 Å². The largest absolute Gasteiger partial charge is 0.295 e. The average Bonchev–Trinajstić information content (AvgIpc) is 3.06. The first-order chi connectivity index (χ1) is 14.8. The number of rotatable bonds is 3. The van der Waals surface area contributed by atoms with Gasteiger partial charge in [0.1, 0.15) is 5.54 Å². The standard InChI is InChI=1S/C25H20BrNO3S/c1-17-6-12-21(13-7-17)31(29,30)27-24-5-3-2-4-22(24)23-16-20(28)14-15-25(23,27)18-8-10-19(26)11-9-18/h2-15,23H,16H2,1H3/t23-,25+/m0/s1. The molecule has 0 saturated carbocycles. The zero-order chi connectivity index (χ0) is 21.8. The van der Waals surface area contributed by atoms with Crippen molar-refractivity contribution in [2.45, 2.75) is 29.7 Å². The van der Waals surface area contributed by atoms with Crippen molar-refractivity contribution < 1.29 is 13.2 Å². The van der Waals surface area contributed by atoms with Crippen LogP contribution in [0.3, 0.4) is 0 Å². The average molecular weight is 494 g/mol. The molecule has 5 rings (SSSR count). The number of sulfonamides is 1. The van der Waals surface area contributed by atoms with E-state index in [0.717, 1.165) is 21.2 Å². The van der Waals surface area contributed by atoms with Crippen LogP contribution in [0.5, 0.6) is 0 Å². The van der Waals surface area contributed by atoms with Crippen molar-refractivity contribution in [3.05, 3.63) is 106 Å². The van der Waals surface area contributed by atoms with Crippen molar-refractivity contribution in [1.29, 1.82) is 0 Å². The molecule has 31 heavy (non-hydrogen) atoms. The van der Waals surface area contributed by atoms with Crippen molar-refractivity contribution in [2.75, 3.05) is 4.31 Å². The topological polar surface area (TPSA) is 54.5 Å². The summed E-state index contributed by atoms with van der Waals surface area (Å²) in [5.41, 5.74) is 2.30. The van der Waals surface area contributed by atoms with Crippen molar-refractivity contribution in [3.63, 3.8) is 0 Å². The van der Waals surface area contributed by atoms with E-state index in [2.05, 4.69) is 15.9 Å². The highest BCUT2D eigenvalue weighted by Crippen LogP contribution is 2.58. The zero-order valence-corrected chi connectivity index (χ0v) is 19.2. The molecule has 0 spiro atoms. The monoisotopic (exact) mass is 493 g/mol. The van der Waals surface area contributed by atoms with Crippen LogP contribution in [0.2, 0.25) is 0 Å².